The van der Waals surface area contributed by atoms with E-state index >= 15 is 0 Å². The molecule has 4 rings (SSSR count). The van der Waals surface area contributed by atoms with Crippen LogP contribution in [0.1, 0.15) is 12.5 Å². The fourth-order valence-electron chi connectivity index (χ4n) is 3.43. The third-order valence-electron chi connectivity index (χ3n) is 5.07. The molecule has 0 spiro atoms. The van der Waals surface area contributed by atoms with Crippen molar-refractivity contribution in [1.82, 2.24) is 15.5 Å². The van der Waals surface area contributed by atoms with Crippen molar-refractivity contribution in [2.45, 2.75) is 18.6 Å². The molecule has 0 radical (unpaired) electrons. The van der Waals surface area contributed by atoms with E-state index in [1.54, 1.807) is 31.2 Å². The summed E-state index contributed by atoms with van der Waals surface area (Å²) in [5, 5.41) is 5.39. The van der Waals surface area contributed by atoms with Gasteiger partial charge in [0.05, 0.1) is 6.54 Å². The summed E-state index contributed by atoms with van der Waals surface area (Å²) in [6.45, 7) is 1.73. The second kappa shape index (κ2) is 7.98. The molecule has 2 atom stereocenters. The normalized spacial score (nSPS) is 22.6. The number of nitrogens with zero attached hydrogens (tertiary/aromatic N) is 1. The van der Waals surface area contributed by atoms with E-state index < -0.39 is 23.4 Å². The first-order valence-electron chi connectivity index (χ1n) is 9.42. The van der Waals surface area contributed by atoms with Crippen LogP contribution in [0.25, 0.3) is 0 Å². The number of rotatable bonds is 5. The lowest BCUT2D eigenvalue weighted by molar-refractivity contribution is -0.134. The number of para-hydroxylation sites is 2. The molecule has 4 amide bonds. The second-order valence-corrected chi connectivity index (χ2v) is 8.17. The Morgan fingerprint density at radius 2 is 2.00 bits per heavy atom. The van der Waals surface area contributed by atoms with Crippen molar-refractivity contribution in [1.29, 1.82) is 0 Å². The van der Waals surface area contributed by atoms with Crippen LogP contribution in [0.2, 0.25) is 0 Å². The first kappa shape index (κ1) is 20.2. The molecule has 2 aromatic rings. The Hall–Kier alpha value is -3.07. The largest absolute Gasteiger partial charge is 0.486 e. The van der Waals surface area contributed by atoms with Gasteiger partial charge in [0.25, 0.3) is 5.91 Å². The van der Waals surface area contributed by atoms with Gasteiger partial charge in [0, 0.05) is 4.47 Å². The first-order chi connectivity index (χ1) is 14.4. The van der Waals surface area contributed by atoms with Crippen LogP contribution in [-0.4, -0.2) is 48.5 Å². The minimum atomic E-state index is -1.23. The van der Waals surface area contributed by atoms with Crippen molar-refractivity contribution < 1.29 is 23.9 Å². The van der Waals surface area contributed by atoms with E-state index in [1.807, 2.05) is 24.3 Å². The number of amides is 4. The van der Waals surface area contributed by atoms with E-state index in [0.717, 1.165) is 9.37 Å². The Balaban J connectivity index is 1.36. The molecule has 2 N–H and O–H groups in total. The van der Waals surface area contributed by atoms with Gasteiger partial charge in [0.15, 0.2) is 11.5 Å². The molecule has 0 aliphatic carbocycles. The van der Waals surface area contributed by atoms with Gasteiger partial charge in [-0.2, -0.15) is 0 Å². The van der Waals surface area contributed by atoms with E-state index in [2.05, 4.69) is 26.6 Å². The van der Waals surface area contributed by atoms with E-state index in [4.69, 9.17) is 9.47 Å². The van der Waals surface area contributed by atoms with Gasteiger partial charge < -0.3 is 20.1 Å². The molecule has 2 aliphatic rings. The topological polar surface area (TPSA) is 97.0 Å². The molecule has 2 heterocycles. The number of urea groups is 1. The van der Waals surface area contributed by atoms with Gasteiger partial charge in [-0.3, -0.25) is 14.5 Å². The molecule has 0 saturated carbocycles. The molecule has 9 heteroatoms. The zero-order valence-electron chi connectivity index (χ0n) is 16.2. The number of hydrogen-bond donors (Lipinski definition) is 2. The number of benzene rings is 2. The molecule has 0 bridgehead atoms. The molecule has 30 heavy (non-hydrogen) atoms. The highest BCUT2D eigenvalue weighted by molar-refractivity contribution is 9.10. The fraction of sp³-hybridized carbons (Fsp3) is 0.286. The van der Waals surface area contributed by atoms with Crippen molar-refractivity contribution in [3.8, 4) is 11.5 Å². The zero-order chi connectivity index (χ0) is 21.3. The van der Waals surface area contributed by atoms with Crippen LogP contribution in [0.3, 0.4) is 0 Å². The van der Waals surface area contributed by atoms with Crippen molar-refractivity contribution in [3.05, 3.63) is 58.6 Å². The summed E-state index contributed by atoms with van der Waals surface area (Å²) in [5.74, 6) is 0.333. The summed E-state index contributed by atoms with van der Waals surface area (Å²) < 4.78 is 12.2. The molecule has 1 saturated heterocycles. The van der Waals surface area contributed by atoms with Gasteiger partial charge in [-0.15, -0.1) is 0 Å². The Morgan fingerprint density at radius 1 is 1.23 bits per heavy atom. The Morgan fingerprint density at radius 3 is 2.77 bits per heavy atom. The summed E-state index contributed by atoms with van der Waals surface area (Å²) in [6, 6.07) is 13.8. The van der Waals surface area contributed by atoms with Crippen LogP contribution < -0.4 is 20.1 Å². The third-order valence-corrected chi connectivity index (χ3v) is 5.57. The molecule has 2 aromatic carbocycles. The van der Waals surface area contributed by atoms with Crippen molar-refractivity contribution in [2.24, 2.45) is 0 Å². The average Bonchev–Trinajstić information content (AvgIpc) is 2.96. The lowest BCUT2D eigenvalue weighted by Crippen LogP contribution is -2.46. The van der Waals surface area contributed by atoms with Crippen LogP contribution in [0, 0.1) is 0 Å². The highest BCUT2D eigenvalue weighted by atomic mass is 79.9. The molecular formula is C21H20BrN3O5. The fourth-order valence-corrected chi connectivity index (χ4v) is 3.83. The van der Waals surface area contributed by atoms with Gasteiger partial charge >= 0.3 is 6.03 Å². The van der Waals surface area contributed by atoms with Gasteiger partial charge in [-0.25, -0.2) is 4.79 Å². The summed E-state index contributed by atoms with van der Waals surface area (Å²) in [6.07, 6.45) is -0.362. The molecule has 0 unspecified atom stereocenters. The van der Waals surface area contributed by atoms with E-state index in [1.165, 1.54) is 0 Å². The average molecular weight is 474 g/mol. The van der Waals surface area contributed by atoms with E-state index in [0.29, 0.717) is 23.7 Å². The number of nitrogens with one attached hydrogen (secondary N) is 2. The second-order valence-electron chi connectivity index (χ2n) is 7.26. The number of carbonyl (C=O) groups is 3. The molecule has 8 nitrogen and oxygen atoms in total. The number of halogens is 1. The maximum Gasteiger partial charge on any atom is 0.325 e. The standard InChI is InChI=1S/C21H20BrN3O5/c1-21(13-5-4-6-14(22)9-13)19(27)25(20(28)24-21)11-18(26)23-10-15-12-29-16-7-2-3-8-17(16)30-15/h2-9,15H,10-12H2,1H3,(H,23,26)(H,24,28)/t15-,21+/m1/s1. The van der Waals surface area contributed by atoms with Crippen LogP contribution >= 0.6 is 15.9 Å². The summed E-state index contributed by atoms with van der Waals surface area (Å²) >= 11 is 3.37. The lowest BCUT2D eigenvalue weighted by Gasteiger charge is -2.26. The predicted octanol–water partition coefficient (Wildman–Crippen LogP) is 2.17. The van der Waals surface area contributed by atoms with Crippen molar-refractivity contribution >= 4 is 33.8 Å². The molecule has 156 valence electrons. The molecule has 2 aliphatic heterocycles. The minimum Gasteiger partial charge on any atom is -0.486 e. The van der Waals surface area contributed by atoms with Gasteiger partial charge in [0.1, 0.15) is 24.8 Å². The Labute approximate surface area is 181 Å². The molecule has 1 fully saturated rings. The maximum atomic E-state index is 12.9. The summed E-state index contributed by atoms with van der Waals surface area (Å²) in [7, 11) is 0. The SMILES string of the molecule is C[C@@]1(c2cccc(Br)c2)NC(=O)N(CC(=O)NC[C@@H]2COc3ccccc3O2)C1=O. The Kier molecular flexibility index (Phi) is 5.38. The number of fused-ring (bicyclic) bond motifs is 1. The van der Waals surface area contributed by atoms with Gasteiger partial charge in [0.2, 0.25) is 5.91 Å². The van der Waals surface area contributed by atoms with Crippen LogP contribution in [0.4, 0.5) is 4.79 Å². The van der Waals surface area contributed by atoms with Crippen molar-refractivity contribution in [3.63, 3.8) is 0 Å². The van der Waals surface area contributed by atoms with Crippen molar-refractivity contribution in [2.75, 3.05) is 19.7 Å². The first-order valence-corrected chi connectivity index (χ1v) is 10.2. The molecule has 0 aromatic heterocycles. The monoisotopic (exact) mass is 473 g/mol. The third kappa shape index (κ3) is 3.85. The predicted molar refractivity (Wildman–Crippen MR) is 111 cm³/mol. The van der Waals surface area contributed by atoms with E-state index in [9.17, 15) is 14.4 Å². The van der Waals surface area contributed by atoms with Crippen LogP contribution in [-0.2, 0) is 15.1 Å². The Bertz CT molecular complexity index is 1010. The number of hydrogen-bond acceptors (Lipinski definition) is 5. The number of imide groups is 1. The van der Waals surface area contributed by atoms with Crippen LogP contribution in [0.15, 0.2) is 53.0 Å². The minimum absolute atomic E-state index is 0.194. The molecular weight excluding hydrogens is 454 g/mol. The van der Waals surface area contributed by atoms with E-state index in [-0.39, 0.29) is 19.2 Å². The van der Waals surface area contributed by atoms with Gasteiger partial charge in [-0.05, 0) is 36.8 Å². The summed E-state index contributed by atoms with van der Waals surface area (Å²) in [5.41, 5.74) is -0.602. The lowest BCUT2D eigenvalue weighted by atomic mass is 9.92. The number of ether oxygens (including phenoxy) is 2. The number of carbonyl (C=O) groups excluding carboxylic acids is 3. The zero-order valence-corrected chi connectivity index (χ0v) is 17.8. The van der Waals surface area contributed by atoms with Gasteiger partial charge in [-0.1, -0.05) is 40.2 Å². The van der Waals surface area contributed by atoms with Crippen LogP contribution in [0.5, 0.6) is 11.5 Å². The maximum absolute atomic E-state index is 12.9. The highest BCUT2D eigenvalue weighted by Crippen LogP contribution is 2.31. The summed E-state index contributed by atoms with van der Waals surface area (Å²) in [4.78, 5) is 38.6. The highest BCUT2D eigenvalue weighted by Gasteiger charge is 2.49. The smallest absolute Gasteiger partial charge is 0.325 e. The quantitative estimate of drug-likeness (QED) is 0.648.